The lowest BCUT2D eigenvalue weighted by atomic mass is 10.2. The molecule has 0 radical (unpaired) electrons. The number of hydrogen-bond donors (Lipinski definition) is 1. The maximum absolute atomic E-state index is 5.61. The van der Waals surface area contributed by atoms with E-state index in [2.05, 4.69) is 15.5 Å². The van der Waals surface area contributed by atoms with E-state index in [1.165, 1.54) is 0 Å². The number of nitrogens with zero attached hydrogens (tertiary/aromatic N) is 2. The van der Waals surface area contributed by atoms with Crippen molar-refractivity contribution in [3.05, 3.63) is 66.6 Å². The van der Waals surface area contributed by atoms with Crippen LogP contribution in [0.2, 0.25) is 0 Å². The Labute approximate surface area is 111 Å². The van der Waals surface area contributed by atoms with Crippen LogP contribution in [-0.4, -0.2) is 10.2 Å². The van der Waals surface area contributed by atoms with E-state index in [4.69, 9.17) is 4.42 Å². The van der Waals surface area contributed by atoms with E-state index in [-0.39, 0.29) is 0 Å². The first-order valence-electron chi connectivity index (χ1n) is 6.08. The highest BCUT2D eigenvalue weighted by molar-refractivity contribution is 5.51. The average Bonchev–Trinajstić information content (AvgIpc) is 2.96. The smallest absolute Gasteiger partial charge is 0.247 e. The van der Waals surface area contributed by atoms with Gasteiger partial charge in [0, 0.05) is 11.3 Å². The highest BCUT2D eigenvalue weighted by atomic mass is 16.4. The maximum atomic E-state index is 5.61. The lowest BCUT2D eigenvalue weighted by Gasteiger charge is -2.01. The van der Waals surface area contributed by atoms with Crippen LogP contribution in [0.1, 0.15) is 5.89 Å². The monoisotopic (exact) mass is 251 g/mol. The van der Waals surface area contributed by atoms with E-state index in [0.29, 0.717) is 18.3 Å². The first-order valence-corrected chi connectivity index (χ1v) is 6.08. The SMILES string of the molecule is c1ccc(NCc2nnc(-c3ccccc3)o2)cc1. The molecule has 0 aliphatic carbocycles. The Balaban J connectivity index is 1.69. The summed E-state index contributed by atoms with van der Waals surface area (Å²) in [6.45, 7) is 0.518. The number of rotatable bonds is 4. The molecule has 94 valence electrons. The van der Waals surface area contributed by atoms with Crippen molar-refractivity contribution >= 4 is 5.69 Å². The lowest BCUT2D eigenvalue weighted by Crippen LogP contribution is -1.99. The minimum atomic E-state index is 0.518. The minimum Gasteiger partial charge on any atom is -0.419 e. The molecule has 3 aromatic rings. The van der Waals surface area contributed by atoms with Crippen LogP contribution >= 0.6 is 0 Å². The Morgan fingerprint density at radius 2 is 1.53 bits per heavy atom. The van der Waals surface area contributed by atoms with Crippen molar-refractivity contribution in [2.45, 2.75) is 6.54 Å². The minimum absolute atomic E-state index is 0.518. The maximum Gasteiger partial charge on any atom is 0.247 e. The van der Waals surface area contributed by atoms with Gasteiger partial charge in [0.1, 0.15) is 0 Å². The molecule has 4 nitrogen and oxygen atoms in total. The van der Waals surface area contributed by atoms with Crippen LogP contribution in [0.25, 0.3) is 11.5 Å². The van der Waals surface area contributed by atoms with Crippen LogP contribution in [0.15, 0.2) is 65.1 Å². The van der Waals surface area contributed by atoms with Crippen LogP contribution in [-0.2, 0) is 6.54 Å². The summed E-state index contributed by atoms with van der Waals surface area (Å²) in [6, 6.07) is 19.7. The second kappa shape index (κ2) is 5.35. The Bertz CT molecular complexity index is 635. The van der Waals surface area contributed by atoms with Crippen molar-refractivity contribution in [2.24, 2.45) is 0 Å². The summed E-state index contributed by atoms with van der Waals surface area (Å²) in [5, 5.41) is 11.3. The molecule has 2 aromatic carbocycles. The summed E-state index contributed by atoms with van der Waals surface area (Å²) < 4.78 is 5.61. The number of anilines is 1. The van der Waals surface area contributed by atoms with Gasteiger partial charge in [-0.1, -0.05) is 36.4 Å². The van der Waals surface area contributed by atoms with Crippen molar-refractivity contribution in [3.63, 3.8) is 0 Å². The molecular formula is C15H13N3O. The Morgan fingerprint density at radius 1 is 0.842 bits per heavy atom. The third-order valence-corrected chi connectivity index (χ3v) is 2.71. The molecule has 0 unspecified atom stereocenters. The standard InChI is InChI=1S/C15H13N3O/c1-3-7-12(8-4-1)15-18-17-14(19-15)11-16-13-9-5-2-6-10-13/h1-10,16H,11H2. The molecular weight excluding hydrogens is 238 g/mol. The molecule has 1 aromatic heterocycles. The van der Waals surface area contributed by atoms with Gasteiger partial charge in [0.25, 0.3) is 0 Å². The average molecular weight is 251 g/mol. The van der Waals surface area contributed by atoms with Crippen molar-refractivity contribution in [1.82, 2.24) is 10.2 Å². The molecule has 4 heteroatoms. The Morgan fingerprint density at radius 3 is 2.26 bits per heavy atom. The summed E-state index contributed by atoms with van der Waals surface area (Å²) in [5.41, 5.74) is 1.96. The molecule has 0 spiro atoms. The fourth-order valence-electron chi connectivity index (χ4n) is 1.76. The largest absolute Gasteiger partial charge is 0.419 e. The van der Waals surface area contributed by atoms with Gasteiger partial charge in [0.15, 0.2) is 0 Å². The van der Waals surface area contributed by atoms with Crippen LogP contribution in [0.5, 0.6) is 0 Å². The van der Waals surface area contributed by atoms with Crippen LogP contribution < -0.4 is 5.32 Å². The molecule has 0 saturated heterocycles. The van der Waals surface area contributed by atoms with Gasteiger partial charge in [-0.05, 0) is 24.3 Å². The zero-order valence-corrected chi connectivity index (χ0v) is 10.3. The van der Waals surface area contributed by atoms with Gasteiger partial charge in [0.2, 0.25) is 11.8 Å². The molecule has 0 aliphatic heterocycles. The van der Waals surface area contributed by atoms with E-state index >= 15 is 0 Å². The van der Waals surface area contributed by atoms with E-state index in [1.807, 2.05) is 60.7 Å². The molecule has 19 heavy (non-hydrogen) atoms. The van der Waals surface area contributed by atoms with Crippen molar-refractivity contribution in [1.29, 1.82) is 0 Å². The van der Waals surface area contributed by atoms with Crippen molar-refractivity contribution < 1.29 is 4.42 Å². The van der Waals surface area contributed by atoms with Gasteiger partial charge in [-0.3, -0.25) is 0 Å². The number of nitrogens with one attached hydrogen (secondary N) is 1. The molecule has 0 bridgehead atoms. The Hall–Kier alpha value is -2.62. The molecule has 3 rings (SSSR count). The first kappa shape index (κ1) is 11.5. The highest BCUT2D eigenvalue weighted by Gasteiger charge is 2.07. The van der Waals surface area contributed by atoms with Gasteiger partial charge in [-0.25, -0.2) is 0 Å². The second-order valence-corrected chi connectivity index (χ2v) is 4.09. The van der Waals surface area contributed by atoms with Gasteiger partial charge >= 0.3 is 0 Å². The van der Waals surface area contributed by atoms with Gasteiger partial charge in [-0.15, -0.1) is 10.2 Å². The number of benzene rings is 2. The summed E-state index contributed by atoms with van der Waals surface area (Å²) in [6.07, 6.45) is 0. The number of hydrogen-bond acceptors (Lipinski definition) is 4. The zero-order valence-electron chi connectivity index (χ0n) is 10.3. The van der Waals surface area contributed by atoms with E-state index in [1.54, 1.807) is 0 Å². The number of para-hydroxylation sites is 1. The van der Waals surface area contributed by atoms with Crippen LogP contribution in [0.4, 0.5) is 5.69 Å². The predicted molar refractivity (Wildman–Crippen MR) is 73.5 cm³/mol. The molecule has 0 atom stereocenters. The fraction of sp³-hybridized carbons (Fsp3) is 0.0667. The molecule has 1 N–H and O–H groups in total. The predicted octanol–water partition coefficient (Wildman–Crippen LogP) is 3.35. The summed E-state index contributed by atoms with van der Waals surface area (Å²) in [7, 11) is 0. The van der Waals surface area contributed by atoms with E-state index < -0.39 is 0 Å². The molecule has 0 amide bonds. The molecule has 0 fully saturated rings. The first-order chi connectivity index (χ1) is 9.42. The molecule has 1 heterocycles. The van der Waals surface area contributed by atoms with Crippen LogP contribution in [0, 0.1) is 0 Å². The zero-order chi connectivity index (χ0) is 12.9. The highest BCUT2D eigenvalue weighted by Crippen LogP contribution is 2.17. The summed E-state index contributed by atoms with van der Waals surface area (Å²) in [5.74, 6) is 1.12. The third-order valence-electron chi connectivity index (χ3n) is 2.71. The topological polar surface area (TPSA) is 51.0 Å². The quantitative estimate of drug-likeness (QED) is 0.772. The van der Waals surface area contributed by atoms with E-state index in [0.717, 1.165) is 11.3 Å². The number of aromatic nitrogens is 2. The second-order valence-electron chi connectivity index (χ2n) is 4.09. The third kappa shape index (κ3) is 2.80. The molecule has 0 saturated carbocycles. The molecule has 0 aliphatic rings. The van der Waals surface area contributed by atoms with Crippen molar-refractivity contribution in [3.8, 4) is 11.5 Å². The lowest BCUT2D eigenvalue weighted by molar-refractivity contribution is 0.515. The van der Waals surface area contributed by atoms with Crippen LogP contribution in [0.3, 0.4) is 0 Å². The van der Waals surface area contributed by atoms with E-state index in [9.17, 15) is 0 Å². The summed E-state index contributed by atoms with van der Waals surface area (Å²) >= 11 is 0. The van der Waals surface area contributed by atoms with Gasteiger partial charge in [-0.2, -0.15) is 0 Å². The van der Waals surface area contributed by atoms with Gasteiger partial charge in [0.05, 0.1) is 6.54 Å². The fourth-order valence-corrected chi connectivity index (χ4v) is 1.76. The summed E-state index contributed by atoms with van der Waals surface area (Å²) in [4.78, 5) is 0. The van der Waals surface area contributed by atoms with Gasteiger partial charge < -0.3 is 9.73 Å². The van der Waals surface area contributed by atoms with Crippen molar-refractivity contribution in [2.75, 3.05) is 5.32 Å². The Kier molecular flexibility index (Phi) is 3.23. The normalized spacial score (nSPS) is 10.3.